The molecule has 2 heterocycles. The van der Waals surface area contributed by atoms with Gasteiger partial charge in [-0.2, -0.15) is 0 Å². The Bertz CT molecular complexity index is 374. The fraction of sp³-hybridized carbons (Fsp3) is 0.941. The van der Waals surface area contributed by atoms with Crippen LogP contribution in [0.25, 0.3) is 0 Å². The molecule has 1 N–H and O–H groups in total. The highest BCUT2D eigenvalue weighted by Crippen LogP contribution is 2.27. The number of morpholine rings is 1. The maximum atomic E-state index is 12.7. The summed E-state index contributed by atoms with van der Waals surface area (Å²) in [4.78, 5) is 17.3. The first-order chi connectivity index (χ1) is 10.6. The number of hydrogen-bond acceptors (Lipinski definition) is 4. The zero-order valence-corrected chi connectivity index (χ0v) is 14.1. The van der Waals surface area contributed by atoms with Gasteiger partial charge in [0.1, 0.15) is 6.04 Å². The smallest absolute Gasteiger partial charge is 0.242 e. The van der Waals surface area contributed by atoms with E-state index in [1.165, 1.54) is 25.7 Å². The topological polar surface area (TPSA) is 44.8 Å². The van der Waals surface area contributed by atoms with Crippen LogP contribution in [0.1, 0.15) is 39.5 Å². The predicted molar refractivity (Wildman–Crippen MR) is 86.8 cm³/mol. The van der Waals surface area contributed by atoms with Crippen molar-refractivity contribution in [1.82, 2.24) is 15.1 Å². The van der Waals surface area contributed by atoms with Crippen LogP contribution in [0, 0.1) is 5.92 Å². The number of nitrogens with one attached hydrogen (secondary N) is 1. The molecule has 5 heteroatoms. The molecule has 0 aromatic rings. The molecule has 3 fully saturated rings. The molecule has 2 aliphatic heterocycles. The molecule has 1 aliphatic carbocycles. The summed E-state index contributed by atoms with van der Waals surface area (Å²) in [5.74, 6) is 1.13. The SMILES string of the molecule is CC1CCC(N2CCN(C(=O)[C@H]3NCCO[C@@H]3C)CC2)CC1. The van der Waals surface area contributed by atoms with E-state index in [9.17, 15) is 4.79 Å². The second-order valence-electron chi connectivity index (χ2n) is 7.28. The van der Waals surface area contributed by atoms with Crippen LogP contribution in [-0.2, 0) is 9.53 Å². The van der Waals surface area contributed by atoms with Gasteiger partial charge in [-0.15, -0.1) is 0 Å². The average Bonchev–Trinajstić information content (AvgIpc) is 2.56. The summed E-state index contributed by atoms with van der Waals surface area (Å²) in [5.41, 5.74) is 0. The number of carbonyl (C=O) groups excluding carboxylic acids is 1. The summed E-state index contributed by atoms with van der Waals surface area (Å²) >= 11 is 0. The lowest BCUT2D eigenvalue weighted by Gasteiger charge is -2.43. The van der Waals surface area contributed by atoms with Gasteiger partial charge in [-0.05, 0) is 38.5 Å². The molecule has 0 radical (unpaired) electrons. The summed E-state index contributed by atoms with van der Waals surface area (Å²) in [5, 5.41) is 3.32. The van der Waals surface area contributed by atoms with E-state index in [2.05, 4.69) is 17.1 Å². The van der Waals surface area contributed by atoms with Gasteiger partial charge < -0.3 is 15.0 Å². The Morgan fingerprint density at radius 3 is 2.36 bits per heavy atom. The van der Waals surface area contributed by atoms with Crippen molar-refractivity contribution in [3.63, 3.8) is 0 Å². The molecule has 2 saturated heterocycles. The Labute approximate surface area is 134 Å². The zero-order valence-electron chi connectivity index (χ0n) is 14.1. The van der Waals surface area contributed by atoms with Crippen molar-refractivity contribution in [3.05, 3.63) is 0 Å². The Morgan fingerprint density at radius 2 is 1.73 bits per heavy atom. The van der Waals surface area contributed by atoms with Crippen molar-refractivity contribution in [2.45, 2.75) is 57.7 Å². The van der Waals surface area contributed by atoms with E-state index in [-0.39, 0.29) is 18.1 Å². The lowest BCUT2D eigenvalue weighted by Crippen LogP contribution is -2.60. The first-order valence-electron chi connectivity index (χ1n) is 9.03. The van der Waals surface area contributed by atoms with Crippen molar-refractivity contribution in [1.29, 1.82) is 0 Å². The summed E-state index contributed by atoms with van der Waals surface area (Å²) in [6.07, 6.45) is 5.39. The normalized spacial score (nSPS) is 38.0. The highest BCUT2D eigenvalue weighted by molar-refractivity contribution is 5.82. The van der Waals surface area contributed by atoms with E-state index >= 15 is 0 Å². The van der Waals surface area contributed by atoms with Crippen molar-refractivity contribution in [2.24, 2.45) is 5.92 Å². The lowest BCUT2D eigenvalue weighted by molar-refractivity contribution is -0.141. The molecular formula is C17H31N3O2. The monoisotopic (exact) mass is 309 g/mol. The largest absolute Gasteiger partial charge is 0.375 e. The lowest BCUT2D eigenvalue weighted by atomic mass is 9.86. The van der Waals surface area contributed by atoms with Gasteiger partial charge in [-0.3, -0.25) is 9.69 Å². The highest BCUT2D eigenvalue weighted by Gasteiger charge is 2.34. The molecule has 1 saturated carbocycles. The molecule has 3 aliphatic rings. The molecule has 0 aromatic heterocycles. The molecule has 0 unspecified atom stereocenters. The maximum absolute atomic E-state index is 12.7. The first-order valence-corrected chi connectivity index (χ1v) is 9.03. The van der Waals surface area contributed by atoms with Crippen molar-refractivity contribution < 1.29 is 9.53 Å². The van der Waals surface area contributed by atoms with Crippen LogP contribution in [0.4, 0.5) is 0 Å². The molecule has 1 amide bonds. The zero-order chi connectivity index (χ0) is 15.5. The van der Waals surface area contributed by atoms with Gasteiger partial charge in [0.05, 0.1) is 12.7 Å². The van der Waals surface area contributed by atoms with Gasteiger partial charge in [0.2, 0.25) is 5.91 Å². The van der Waals surface area contributed by atoms with E-state index in [1.54, 1.807) is 0 Å². The van der Waals surface area contributed by atoms with Gasteiger partial charge >= 0.3 is 0 Å². The minimum absolute atomic E-state index is 0.0147. The number of amides is 1. The van der Waals surface area contributed by atoms with Gasteiger partial charge in [-0.1, -0.05) is 6.92 Å². The number of hydrogen-bond donors (Lipinski definition) is 1. The Balaban J connectivity index is 1.48. The van der Waals surface area contributed by atoms with Crippen LogP contribution in [0.2, 0.25) is 0 Å². The molecule has 126 valence electrons. The highest BCUT2D eigenvalue weighted by atomic mass is 16.5. The maximum Gasteiger partial charge on any atom is 0.242 e. The van der Waals surface area contributed by atoms with E-state index in [0.29, 0.717) is 6.61 Å². The minimum atomic E-state index is -0.157. The molecule has 0 spiro atoms. The molecule has 0 aromatic carbocycles. The van der Waals surface area contributed by atoms with Crippen molar-refractivity contribution in [3.8, 4) is 0 Å². The van der Waals surface area contributed by atoms with Crippen LogP contribution in [0.3, 0.4) is 0 Å². The first kappa shape index (κ1) is 16.2. The van der Waals surface area contributed by atoms with Crippen LogP contribution in [-0.4, -0.2) is 73.2 Å². The predicted octanol–water partition coefficient (Wildman–Crippen LogP) is 1.09. The quantitative estimate of drug-likeness (QED) is 0.829. The molecule has 2 atom stereocenters. The third kappa shape index (κ3) is 3.63. The van der Waals surface area contributed by atoms with Crippen LogP contribution in [0.15, 0.2) is 0 Å². The van der Waals surface area contributed by atoms with Crippen LogP contribution < -0.4 is 5.32 Å². The van der Waals surface area contributed by atoms with Gasteiger partial charge in [0, 0.05) is 38.8 Å². The fourth-order valence-corrected chi connectivity index (χ4v) is 4.12. The molecule has 22 heavy (non-hydrogen) atoms. The van der Waals surface area contributed by atoms with Gasteiger partial charge in [0.15, 0.2) is 0 Å². The number of nitrogens with zero attached hydrogens (tertiary/aromatic N) is 2. The Morgan fingerprint density at radius 1 is 1.05 bits per heavy atom. The van der Waals surface area contributed by atoms with E-state index in [4.69, 9.17) is 4.74 Å². The average molecular weight is 309 g/mol. The number of piperazine rings is 1. The number of carbonyl (C=O) groups is 1. The number of ether oxygens (including phenoxy) is 1. The third-order valence-corrected chi connectivity index (χ3v) is 5.71. The fourth-order valence-electron chi connectivity index (χ4n) is 4.12. The van der Waals surface area contributed by atoms with Crippen molar-refractivity contribution >= 4 is 5.91 Å². The molecular weight excluding hydrogens is 278 g/mol. The van der Waals surface area contributed by atoms with E-state index in [1.807, 2.05) is 11.8 Å². The third-order valence-electron chi connectivity index (χ3n) is 5.71. The molecule has 0 bridgehead atoms. The van der Waals surface area contributed by atoms with E-state index < -0.39 is 0 Å². The van der Waals surface area contributed by atoms with Gasteiger partial charge in [-0.25, -0.2) is 0 Å². The Kier molecular flexibility index (Phi) is 5.37. The number of rotatable bonds is 2. The van der Waals surface area contributed by atoms with Crippen LogP contribution in [0.5, 0.6) is 0 Å². The summed E-state index contributed by atoms with van der Waals surface area (Å²) in [6, 6.07) is 0.597. The summed E-state index contributed by atoms with van der Waals surface area (Å²) in [7, 11) is 0. The second-order valence-corrected chi connectivity index (χ2v) is 7.28. The second kappa shape index (κ2) is 7.28. The summed E-state index contributed by atoms with van der Waals surface area (Å²) in [6.45, 7) is 9.66. The standard InChI is InChI=1S/C17H31N3O2/c1-13-3-5-15(6-4-13)19-8-10-20(11-9-19)17(21)16-14(2)22-12-7-18-16/h13-16,18H,3-12H2,1-2H3/t13?,14-,15?,16+/m1/s1. The van der Waals surface area contributed by atoms with Crippen LogP contribution >= 0.6 is 0 Å². The van der Waals surface area contributed by atoms with E-state index in [0.717, 1.165) is 44.7 Å². The van der Waals surface area contributed by atoms with Gasteiger partial charge in [0.25, 0.3) is 0 Å². The minimum Gasteiger partial charge on any atom is -0.375 e. The molecule has 5 nitrogen and oxygen atoms in total. The van der Waals surface area contributed by atoms with Crippen molar-refractivity contribution in [2.75, 3.05) is 39.3 Å². The molecule has 3 rings (SSSR count). The summed E-state index contributed by atoms with van der Waals surface area (Å²) < 4.78 is 5.61. The Hall–Kier alpha value is -0.650.